The van der Waals surface area contributed by atoms with Crippen LogP contribution in [-0.2, 0) is 4.65 Å². The summed E-state index contributed by atoms with van der Waals surface area (Å²) in [5, 5.41) is 17.3. The van der Waals surface area contributed by atoms with Crippen molar-refractivity contribution in [2.24, 2.45) is 0 Å². The summed E-state index contributed by atoms with van der Waals surface area (Å²) < 4.78 is 4.85. The average molecular weight is 184 g/mol. The smallest absolute Gasteiger partial charge is 0.516 e. The van der Waals surface area contributed by atoms with E-state index >= 15 is 0 Å². The van der Waals surface area contributed by atoms with E-state index in [1.165, 1.54) is 25.7 Å². The van der Waals surface area contributed by atoms with Gasteiger partial charge in [0.15, 0.2) is 0 Å². The fourth-order valence-corrected chi connectivity index (χ4v) is 1.58. The van der Waals surface area contributed by atoms with Crippen LogP contribution in [0.3, 0.4) is 0 Å². The zero-order chi connectivity index (χ0) is 9.52. The summed E-state index contributed by atoms with van der Waals surface area (Å²) in [4.78, 5) is 0. The standard InChI is InChI=1S/C9H17BO3/c11-10(12)13-9-7-5-3-1-2-4-6-8-9/h7,11-12H,1-6,8H2. The summed E-state index contributed by atoms with van der Waals surface area (Å²) in [6, 6.07) is 0. The van der Waals surface area contributed by atoms with Gasteiger partial charge in [0.25, 0.3) is 0 Å². The Kier molecular flexibility index (Phi) is 4.94. The summed E-state index contributed by atoms with van der Waals surface area (Å²) in [5.74, 6) is 0.733. The van der Waals surface area contributed by atoms with Gasteiger partial charge in [-0.15, -0.1) is 0 Å². The Morgan fingerprint density at radius 1 is 1.08 bits per heavy atom. The van der Waals surface area contributed by atoms with Crippen molar-refractivity contribution in [3.05, 3.63) is 11.8 Å². The molecule has 1 aliphatic carbocycles. The minimum absolute atomic E-state index is 0.733. The molecule has 0 aromatic heterocycles. The van der Waals surface area contributed by atoms with Crippen LogP contribution in [0.25, 0.3) is 0 Å². The molecule has 0 amide bonds. The van der Waals surface area contributed by atoms with Crippen molar-refractivity contribution in [3.8, 4) is 0 Å². The molecule has 0 saturated heterocycles. The molecule has 0 fully saturated rings. The molecule has 1 rings (SSSR count). The Balaban J connectivity index is 2.37. The molecule has 74 valence electrons. The van der Waals surface area contributed by atoms with Gasteiger partial charge < -0.3 is 14.7 Å². The number of allylic oxidation sites excluding steroid dienone is 2. The van der Waals surface area contributed by atoms with Gasteiger partial charge >= 0.3 is 7.32 Å². The summed E-state index contributed by atoms with van der Waals surface area (Å²) in [7, 11) is -1.66. The van der Waals surface area contributed by atoms with Crippen LogP contribution in [0.5, 0.6) is 0 Å². The van der Waals surface area contributed by atoms with Gasteiger partial charge in [0.05, 0.1) is 5.76 Å². The minimum atomic E-state index is -1.66. The second-order valence-corrected chi connectivity index (χ2v) is 3.42. The quantitative estimate of drug-likeness (QED) is 0.640. The van der Waals surface area contributed by atoms with Crippen LogP contribution in [0, 0.1) is 0 Å². The predicted molar refractivity (Wildman–Crippen MR) is 51.7 cm³/mol. The molecule has 0 spiro atoms. The molecule has 13 heavy (non-hydrogen) atoms. The highest BCUT2D eigenvalue weighted by atomic mass is 16.6. The van der Waals surface area contributed by atoms with E-state index in [1.54, 1.807) is 0 Å². The van der Waals surface area contributed by atoms with Crippen molar-refractivity contribution in [2.45, 2.75) is 44.9 Å². The SMILES string of the molecule is OB(O)OC1=CCCCCCCC1. The van der Waals surface area contributed by atoms with Crippen LogP contribution in [0.15, 0.2) is 11.8 Å². The highest BCUT2D eigenvalue weighted by Crippen LogP contribution is 2.17. The Morgan fingerprint density at radius 3 is 2.54 bits per heavy atom. The molecule has 3 nitrogen and oxygen atoms in total. The maximum atomic E-state index is 8.63. The molecule has 0 unspecified atom stereocenters. The van der Waals surface area contributed by atoms with E-state index in [0.717, 1.165) is 25.0 Å². The topological polar surface area (TPSA) is 49.7 Å². The first-order valence-corrected chi connectivity index (χ1v) is 5.01. The van der Waals surface area contributed by atoms with Gasteiger partial charge in [0.1, 0.15) is 0 Å². The van der Waals surface area contributed by atoms with Gasteiger partial charge in [0.2, 0.25) is 0 Å². The van der Waals surface area contributed by atoms with Gasteiger partial charge in [0, 0.05) is 6.42 Å². The Hall–Kier alpha value is -0.475. The number of hydrogen-bond acceptors (Lipinski definition) is 3. The van der Waals surface area contributed by atoms with Gasteiger partial charge in [-0.25, -0.2) is 0 Å². The predicted octanol–water partition coefficient (Wildman–Crippen LogP) is 1.60. The summed E-state index contributed by atoms with van der Waals surface area (Å²) >= 11 is 0. The molecular formula is C9H17BO3. The molecule has 0 heterocycles. The lowest BCUT2D eigenvalue weighted by Crippen LogP contribution is -2.16. The maximum absolute atomic E-state index is 8.63. The van der Waals surface area contributed by atoms with E-state index in [4.69, 9.17) is 14.7 Å². The number of rotatable bonds is 2. The lowest BCUT2D eigenvalue weighted by Gasteiger charge is -2.08. The third-order valence-electron chi connectivity index (χ3n) is 2.26. The fourth-order valence-electron chi connectivity index (χ4n) is 1.58. The minimum Gasteiger partial charge on any atom is -0.516 e. The van der Waals surface area contributed by atoms with Crippen LogP contribution in [0.2, 0.25) is 0 Å². The first kappa shape index (κ1) is 10.6. The highest BCUT2D eigenvalue weighted by Gasteiger charge is 2.13. The van der Waals surface area contributed by atoms with Crippen molar-refractivity contribution < 1.29 is 14.7 Å². The lowest BCUT2D eigenvalue weighted by atomic mass is 10.1. The molecule has 2 N–H and O–H groups in total. The van der Waals surface area contributed by atoms with Gasteiger partial charge in [-0.05, 0) is 25.3 Å². The largest absolute Gasteiger partial charge is 0.707 e. The van der Waals surface area contributed by atoms with Crippen LogP contribution in [-0.4, -0.2) is 17.4 Å². The molecule has 1 aliphatic rings. The van der Waals surface area contributed by atoms with E-state index in [-0.39, 0.29) is 0 Å². The van der Waals surface area contributed by atoms with Crippen molar-refractivity contribution in [1.29, 1.82) is 0 Å². The molecule has 0 radical (unpaired) electrons. The normalized spacial score (nSPS) is 19.4. The van der Waals surface area contributed by atoms with E-state index in [2.05, 4.69) is 0 Å². The molecule has 0 bridgehead atoms. The molecule has 0 atom stereocenters. The molecular weight excluding hydrogens is 167 g/mol. The zero-order valence-corrected chi connectivity index (χ0v) is 7.91. The van der Waals surface area contributed by atoms with E-state index in [1.807, 2.05) is 6.08 Å². The molecule has 0 aromatic carbocycles. The number of hydrogen-bond donors (Lipinski definition) is 2. The maximum Gasteiger partial charge on any atom is 0.707 e. The van der Waals surface area contributed by atoms with Crippen LogP contribution in [0.4, 0.5) is 0 Å². The lowest BCUT2D eigenvalue weighted by molar-refractivity contribution is 0.229. The highest BCUT2D eigenvalue weighted by molar-refractivity contribution is 6.33. The summed E-state index contributed by atoms with van der Waals surface area (Å²) in [5.41, 5.74) is 0. The Bertz CT molecular complexity index is 168. The zero-order valence-electron chi connectivity index (χ0n) is 7.91. The summed E-state index contributed by atoms with van der Waals surface area (Å²) in [6.07, 6.45) is 9.81. The van der Waals surface area contributed by atoms with Gasteiger partial charge in [-0.1, -0.05) is 19.3 Å². The van der Waals surface area contributed by atoms with Crippen molar-refractivity contribution in [1.82, 2.24) is 0 Å². The van der Waals surface area contributed by atoms with Gasteiger partial charge in [-0.3, -0.25) is 0 Å². The van der Waals surface area contributed by atoms with Crippen LogP contribution >= 0.6 is 0 Å². The Morgan fingerprint density at radius 2 is 1.77 bits per heavy atom. The van der Waals surface area contributed by atoms with Crippen LogP contribution < -0.4 is 0 Å². The fraction of sp³-hybridized carbons (Fsp3) is 0.778. The van der Waals surface area contributed by atoms with Crippen molar-refractivity contribution in [3.63, 3.8) is 0 Å². The third kappa shape index (κ3) is 4.96. The Labute approximate surface area is 79.6 Å². The first-order valence-electron chi connectivity index (χ1n) is 5.01. The monoisotopic (exact) mass is 184 g/mol. The average Bonchev–Trinajstić information content (AvgIpc) is 2.17. The van der Waals surface area contributed by atoms with Gasteiger partial charge in [-0.2, -0.15) is 0 Å². The second kappa shape index (κ2) is 6.05. The van der Waals surface area contributed by atoms with Crippen molar-refractivity contribution in [2.75, 3.05) is 0 Å². The first-order chi connectivity index (χ1) is 6.29. The third-order valence-corrected chi connectivity index (χ3v) is 2.26. The van der Waals surface area contributed by atoms with E-state index < -0.39 is 7.32 Å². The van der Waals surface area contributed by atoms with Crippen molar-refractivity contribution >= 4 is 7.32 Å². The summed E-state index contributed by atoms with van der Waals surface area (Å²) in [6.45, 7) is 0. The molecule has 4 heteroatoms. The molecule has 0 aliphatic heterocycles. The molecule has 0 aromatic rings. The van der Waals surface area contributed by atoms with E-state index in [9.17, 15) is 0 Å². The molecule has 0 saturated carbocycles. The second-order valence-electron chi connectivity index (χ2n) is 3.42. The van der Waals surface area contributed by atoms with E-state index in [0.29, 0.717) is 0 Å². The van der Waals surface area contributed by atoms with Crippen LogP contribution in [0.1, 0.15) is 44.9 Å².